The normalized spacial score (nSPS) is 11.4. The maximum atomic E-state index is 5.91. The molecule has 0 spiro atoms. The molecule has 3 rings (SSSR count). The number of allylic oxidation sites excluding steroid dienone is 1. The fourth-order valence-corrected chi connectivity index (χ4v) is 3.10. The van der Waals surface area contributed by atoms with Gasteiger partial charge in [0.25, 0.3) is 0 Å². The summed E-state index contributed by atoms with van der Waals surface area (Å²) in [6.45, 7) is 0. The Hall–Kier alpha value is -3.30. The number of nitrogens with zero attached hydrogens (tertiary/aromatic N) is 2. The van der Waals surface area contributed by atoms with Crippen LogP contribution >= 0.6 is 47.6 Å². The Morgan fingerprint density at radius 1 is 0.706 bits per heavy atom. The van der Waals surface area contributed by atoms with Gasteiger partial charge >= 0.3 is 0 Å². The summed E-state index contributed by atoms with van der Waals surface area (Å²) in [6.07, 6.45) is 5.23. The first-order chi connectivity index (χ1) is 16.5. The van der Waals surface area contributed by atoms with E-state index >= 15 is 0 Å². The third-order valence-electron chi connectivity index (χ3n) is 4.10. The lowest BCUT2D eigenvalue weighted by atomic mass is 10.2. The van der Waals surface area contributed by atoms with Crippen molar-refractivity contribution >= 4 is 87.2 Å². The van der Waals surface area contributed by atoms with Crippen molar-refractivity contribution in [1.29, 1.82) is 0 Å². The molecule has 0 fully saturated rings. The van der Waals surface area contributed by atoms with Gasteiger partial charge in [-0.1, -0.05) is 59.6 Å². The van der Waals surface area contributed by atoms with Gasteiger partial charge in [0, 0.05) is 21.4 Å². The van der Waals surface area contributed by atoms with Gasteiger partial charge in [-0.2, -0.15) is 10.2 Å². The molecule has 0 saturated heterocycles. The van der Waals surface area contributed by atoms with Crippen LogP contribution in [0.2, 0.25) is 10.0 Å². The van der Waals surface area contributed by atoms with Crippen molar-refractivity contribution in [1.82, 2.24) is 10.9 Å². The van der Waals surface area contributed by atoms with Crippen molar-refractivity contribution in [3.8, 4) is 0 Å². The van der Waals surface area contributed by atoms with Gasteiger partial charge in [0.1, 0.15) is 5.71 Å². The van der Waals surface area contributed by atoms with Crippen molar-refractivity contribution < 1.29 is 0 Å². The van der Waals surface area contributed by atoms with Crippen LogP contribution in [0.5, 0.6) is 0 Å². The summed E-state index contributed by atoms with van der Waals surface area (Å²) in [7, 11) is 0. The lowest BCUT2D eigenvalue weighted by Crippen LogP contribution is -2.26. The SMILES string of the molecule is S=C(NN=CC(C=Cc1ccccc1)=NNC(=S)Nc1ccc(Cl)cc1)Nc1ccc(Cl)cc1. The van der Waals surface area contributed by atoms with E-state index in [-0.39, 0.29) is 0 Å². The smallest absolute Gasteiger partial charge is 0.191 e. The van der Waals surface area contributed by atoms with Crippen molar-refractivity contribution in [2.45, 2.75) is 0 Å². The molecule has 3 aromatic rings. The molecule has 0 aliphatic heterocycles. The van der Waals surface area contributed by atoms with Gasteiger partial charge in [0.2, 0.25) is 0 Å². The van der Waals surface area contributed by atoms with Crippen LogP contribution in [0, 0.1) is 0 Å². The molecule has 0 saturated carbocycles. The number of halogens is 2. The fourth-order valence-electron chi connectivity index (χ4n) is 2.51. The molecule has 0 atom stereocenters. The van der Waals surface area contributed by atoms with Gasteiger partial charge < -0.3 is 10.6 Å². The lowest BCUT2D eigenvalue weighted by molar-refractivity contribution is 1.04. The molecule has 3 aromatic carbocycles. The molecule has 34 heavy (non-hydrogen) atoms. The van der Waals surface area contributed by atoms with E-state index in [0.29, 0.717) is 26.0 Å². The molecule has 172 valence electrons. The summed E-state index contributed by atoms with van der Waals surface area (Å²) in [5.74, 6) is 0. The highest BCUT2D eigenvalue weighted by Crippen LogP contribution is 2.14. The standard InChI is InChI=1S/C24H20Cl2N6S2/c25-18-7-12-20(13-8-18)28-23(33)31-27-16-22(11-6-17-4-2-1-3-5-17)30-32-24(34)29-21-14-9-19(26)10-15-21/h1-16H,(H2,28,31,33)(H2,29,32,34). The van der Waals surface area contributed by atoms with Crippen LogP contribution in [0.3, 0.4) is 0 Å². The van der Waals surface area contributed by atoms with E-state index in [1.165, 1.54) is 6.21 Å². The summed E-state index contributed by atoms with van der Waals surface area (Å²) in [6, 6.07) is 24.1. The first-order valence-electron chi connectivity index (χ1n) is 9.97. The topological polar surface area (TPSA) is 72.8 Å². The van der Waals surface area contributed by atoms with Gasteiger partial charge in [-0.3, -0.25) is 10.9 Å². The predicted octanol–water partition coefficient (Wildman–Crippen LogP) is 6.32. The molecule has 0 aliphatic carbocycles. The monoisotopic (exact) mass is 526 g/mol. The molecule has 0 aromatic heterocycles. The summed E-state index contributed by atoms with van der Waals surface area (Å²) >= 11 is 22.4. The second-order valence-electron chi connectivity index (χ2n) is 6.68. The Morgan fingerprint density at radius 2 is 1.24 bits per heavy atom. The number of nitrogens with one attached hydrogen (secondary N) is 4. The van der Waals surface area contributed by atoms with E-state index in [4.69, 9.17) is 47.6 Å². The molecular weight excluding hydrogens is 507 g/mol. The van der Waals surface area contributed by atoms with E-state index in [0.717, 1.165) is 16.9 Å². The molecule has 0 aliphatic rings. The van der Waals surface area contributed by atoms with E-state index in [2.05, 4.69) is 31.7 Å². The van der Waals surface area contributed by atoms with Gasteiger partial charge in [-0.05, 0) is 84.6 Å². The van der Waals surface area contributed by atoms with Crippen molar-refractivity contribution in [3.63, 3.8) is 0 Å². The van der Waals surface area contributed by atoms with Crippen LogP contribution in [-0.4, -0.2) is 22.2 Å². The number of hydrazone groups is 2. The second-order valence-corrected chi connectivity index (χ2v) is 8.37. The molecule has 0 radical (unpaired) electrons. The van der Waals surface area contributed by atoms with E-state index in [1.54, 1.807) is 30.3 Å². The third kappa shape index (κ3) is 9.29. The maximum Gasteiger partial charge on any atom is 0.191 e. The van der Waals surface area contributed by atoms with Crippen LogP contribution in [0.1, 0.15) is 5.56 Å². The fraction of sp³-hybridized carbons (Fsp3) is 0. The molecule has 0 unspecified atom stereocenters. The molecule has 6 nitrogen and oxygen atoms in total. The minimum Gasteiger partial charge on any atom is -0.331 e. The number of anilines is 2. The van der Waals surface area contributed by atoms with Crippen LogP contribution in [-0.2, 0) is 0 Å². The van der Waals surface area contributed by atoms with Crippen molar-refractivity contribution in [3.05, 3.63) is 101 Å². The van der Waals surface area contributed by atoms with Gasteiger partial charge in [0.15, 0.2) is 10.2 Å². The minimum absolute atomic E-state index is 0.314. The largest absolute Gasteiger partial charge is 0.331 e. The molecule has 0 bridgehead atoms. The lowest BCUT2D eigenvalue weighted by Gasteiger charge is -2.08. The van der Waals surface area contributed by atoms with Crippen LogP contribution < -0.4 is 21.5 Å². The quantitative estimate of drug-likeness (QED) is 0.164. The number of rotatable bonds is 7. The number of thiocarbonyl (C=S) groups is 2. The average molecular weight is 528 g/mol. The Labute approximate surface area is 218 Å². The van der Waals surface area contributed by atoms with E-state index < -0.39 is 0 Å². The van der Waals surface area contributed by atoms with E-state index in [1.807, 2.05) is 60.7 Å². The van der Waals surface area contributed by atoms with Crippen molar-refractivity contribution in [2.75, 3.05) is 10.6 Å². The number of hydrogen-bond donors (Lipinski definition) is 4. The first-order valence-corrected chi connectivity index (χ1v) is 11.5. The maximum absolute atomic E-state index is 5.91. The summed E-state index contributed by atoms with van der Waals surface area (Å²) in [4.78, 5) is 0. The predicted molar refractivity (Wildman–Crippen MR) is 153 cm³/mol. The van der Waals surface area contributed by atoms with E-state index in [9.17, 15) is 0 Å². The number of benzene rings is 3. The Bertz CT molecular complexity index is 1190. The Kier molecular flexibility index (Phi) is 9.99. The van der Waals surface area contributed by atoms with Gasteiger partial charge in [-0.15, -0.1) is 0 Å². The average Bonchev–Trinajstić information content (AvgIpc) is 2.84. The van der Waals surface area contributed by atoms with Gasteiger partial charge in [-0.25, -0.2) is 0 Å². The van der Waals surface area contributed by atoms with Gasteiger partial charge in [0.05, 0.1) is 6.21 Å². The second kappa shape index (κ2) is 13.4. The zero-order chi connectivity index (χ0) is 24.2. The zero-order valence-electron chi connectivity index (χ0n) is 17.7. The Balaban J connectivity index is 1.63. The Morgan fingerprint density at radius 3 is 1.79 bits per heavy atom. The van der Waals surface area contributed by atoms with Crippen LogP contribution in [0.4, 0.5) is 11.4 Å². The summed E-state index contributed by atoms with van der Waals surface area (Å²) < 4.78 is 0. The summed E-state index contributed by atoms with van der Waals surface area (Å²) in [5.41, 5.74) is 8.66. The molecule has 10 heteroatoms. The first kappa shape index (κ1) is 25.3. The van der Waals surface area contributed by atoms with Crippen LogP contribution in [0.25, 0.3) is 6.08 Å². The highest BCUT2D eigenvalue weighted by Gasteiger charge is 1.99. The minimum atomic E-state index is 0.314. The molecule has 0 heterocycles. The number of hydrogen-bond acceptors (Lipinski definition) is 4. The highest BCUT2D eigenvalue weighted by molar-refractivity contribution is 7.80. The van der Waals surface area contributed by atoms with Crippen LogP contribution in [0.15, 0.2) is 95.1 Å². The third-order valence-corrected chi connectivity index (χ3v) is 4.99. The molecule has 0 amide bonds. The summed E-state index contributed by atoms with van der Waals surface area (Å²) in [5, 5.41) is 16.5. The van der Waals surface area contributed by atoms with Crippen molar-refractivity contribution in [2.24, 2.45) is 10.2 Å². The molecular formula is C24H20Cl2N6S2. The zero-order valence-corrected chi connectivity index (χ0v) is 20.8. The highest BCUT2D eigenvalue weighted by atomic mass is 35.5. The molecule has 4 N–H and O–H groups in total.